The van der Waals surface area contributed by atoms with E-state index in [1.807, 2.05) is 0 Å². The summed E-state index contributed by atoms with van der Waals surface area (Å²) in [5.41, 5.74) is 5.13. The number of amidine groups is 1. The summed E-state index contributed by atoms with van der Waals surface area (Å²) in [6.07, 6.45) is -0.163. The van der Waals surface area contributed by atoms with Crippen LogP contribution < -0.4 is 11.1 Å². The van der Waals surface area contributed by atoms with Crippen LogP contribution in [-0.4, -0.2) is 24.2 Å². The van der Waals surface area contributed by atoms with Gasteiger partial charge in [0.25, 0.3) is 5.91 Å². The van der Waals surface area contributed by atoms with Gasteiger partial charge in [0.05, 0.1) is 6.54 Å². The number of hydrogen-bond donors (Lipinski definition) is 2. The predicted molar refractivity (Wildman–Crippen MR) is 34.3 cm³/mol. The Morgan fingerprint density at radius 3 is 2.80 bits per heavy atom. The fourth-order valence-corrected chi connectivity index (χ4v) is 0.657. The van der Waals surface area contributed by atoms with Crippen molar-refractivity contribution >= 4 is 17.6 Å². The lowest BCUT2D eigenvalue weighted by molar-refractivity contribution is -0.127. The lowest BCUT2D eigenvalue weighted by Gasteiger charge is -2.09. The number of nitrogens with zero attached hydrogens (tertiary/aromatic N) is 1. The molecule has 0 bridgehead atoms. The lowest BCUT2D eigenvalue weighted by Crippen LogP contribution is -2.40. The van der Waals surface area contributed by atoms with Gasteiger partial charge >= 0.3 is 0 Å². The molecule has 0 saturated heterocycles. The Morgan fingerprint density at radius 1 is 1.60 bits per heavy atom. The summed E-state index contributed by atoms with van der Waals surface area (Å²) in [6.45, 7) is 0.0947. The Balaban J connectivity index is 2.74. The highest BCUT2D eigenvalue weighted by Crippen LogP contribution is 1.92. The third-order valence-electron chi connectivity index (χ3n) is 1.05. The molecule has 2 amide bonds. The minimum atomic E-state index is -0.427. The zero-order valence-electron chi connectivity index (χ0n) is 5.26. The summed E-state index contributed by atoms with van der Waals surface area (Å²) >= 11 is 0. The van der Waals surface area contributed by atoms with Crippen LogP contribution in [0.15, 0.2) is 4.99 Å². The summed E-state index contributed by atoms with van der Waals surface area (Å²) in [7, 11) is 0. The van der Waals surface area contributed by atoms with E-state index < -0.39 is 5.91 Å². The Morgan fingerprint density at radius 2 is 2.30 bits per heavy atom. The van der Waals surface area contributed by atoms with Gasteiger partial charge < -0.3 is 11.1 Å². The molecule has 0 aromatic carbocycles. The van der Waals surface area contributed by atoms with Gasteiger partial charge in [-0.1, -0.05) is 0 Å². The number of carbonyl (C=O) groups excluding carboxylic acids is 2. The first-order valence-electron chi connectivity index (χ1n) is 2.82. The molecule has 0 aromatic rings. The molecule has 0 unspecified atom stereocenters. The van der Waals surface area contributed by atoms with Crippen LogP contribution in [0.2, 0.25) is 0 Å². The molecule has 0 spiro atoms. The van der Waals surface area contributed by atoms with Crippen molar-refractivity contribution in [1.29, 1.82) is 0 Å². The van der Waals surface area contributed by atoms with Gasteiger partial charge in [0.1, 0.15) is 12.3 Å². The van der Waals surface area contributed by atoms with Gasteiger partial charge in [0.2, 0.25) is 5.91 Å². The zero-order chi connectivity index (χ0) is 7.56. The van der Waals surface area contributed by atoms with Gasteiger partial charge in [-0.3, -0.25) is 9.59 Å². The standard InChI is InChI=1S/C5H7N3O2/c6-2-3-7-4(9)1-5(10)8-3/h1-2,6H2,(H,7,8,9,10). The van der Waals surface area contributed by atoms with Crippen molar-refractivity contribution in [3.63, 3.8) is 0 Å². The van der Waals surface area contributed by atoms with Crippen molar-refractivity contribution in [2.45, 2.75) is 6.42 Å². The number of rotatable bonds is 1. The van der Waals surface area contributed by atoms with Crippen molar-refractivity contribution in [1.82, 2.24) is 5.32 Å². The van der Waals surface area contributed by atoms with Gasteiger partial charge in [-0.2, -0.15) is 4.99 Å². The first-order chi connectivity index (χ1) is 4.72. The molecule has 0 saturated carbocycles. The zero-order valence-corrected chi connectivity index (χ0v) is 5.26. The van der Waals surface area contributed by atoms with Gasteiger partial charge in [0.15, 0.2) is 0 Å². The van der Waals surface area contributed by atoms with Crippen LogP contribution in [0, 0.1) is 0 Å². The van der Waals surface area contributed by atoms with Crippen LogP contribution in [0.4, 0.5) is 0 Å². The third kappa shape index (κ3) is 1.38. The highest BCUT2D eigenvalue weighted by Gasteiger charge is 2.16. The second kappa shape index (κ2) is 2.57. The molecule has 54 valence electrons. The second-order valence-corrected chi connectivity index (χ2v) is 1.88. The first-order valence-corrected chi connectivity index (χ1v) is 2.82. The van der Waals surface area contributed by atoms with Crippen LogP contribution in [0.5, 0.6) is 0 Å². The summed E-state index contributed by atoms with van der Waals surface area (Å²) in [4.78, 5) is 24.6. The maximum Gasteiger partial charge on any atom is 0.256 e. The summed E-state index contributed by atoms with van der Waals surface area (Å²) in [5.74, 6) is -0.508. The number of carbonyl (C=O) groups is 2. The van der Waals surface area contributed by atoms with E-state index in [2.05, 4.69) is 10.3 Å². The maximum absolute atomic E-state index is 10.6. The predicted octanol–water partition coefficient (Wildman–Crippen LogP) is -1.61. The van der Waals surface area contributed by atoms with Crippen molar-refractivity contribution < 1.29 is 9.59 Å². The molecule has 1 rings (SSSR count). The number of aliphatic imine (C=N–C) groups is 1. The Hall–Kier alpha value is -1.23. The summed E-state index contributed by atoms with van der Waals surface area (Å²) < 4.78 is 0. The molecular weight excluding hydrogens is 134 g/mol. The third-order valence-corrected chi connectivity index (χ3v) is 1.05. The van der Waals surface area contributed by atoms with E-state index in [0.717, 1.165) is 0 Å². The van der Waals surface area contributed by atoms with E-state index in [-0.39, 0.29) is 24.7 Å². The smallest absolute Gasteiger partial charge is 0.256 e. The van der Waals surface area contributed by atoms with Crippen LogP contribution in [0.1, 0.15) is 6.42 Å². The minimum Gasteiger partial charge on any atom is -0.324 e. The molecular formula is C5H7N3O2. The quantitative estimate of drug-likeness (QED) is 0.431. The molecule has 1 aliphatic rings. The average Bonchev–Trinajstić information content (AvgIpc) is 1.85. The van der Waals surface area contributed by atoms with Crippen molar-refractivity contribution in [3.05, 3.63) is 0 Å². The minimum absolute atomic E-state index is 0.0947. The molecule has 3 N–H and O–H groups in total. The number of nitrogens with one attached hydrogen (secondary N) is 1. The summed E-state index contributed by atoms with van der Waals surface area (Å²) in [5, 5.41) is 2.36. The second-order valence-electron chi connectivity index (χ2n) is 1.88. The number of hydrogen-bond acceptors (Lipinski definition) is 3. The highest BCUT2D eigenvalue weighted by molar-refractivity contribution is 6.14. The molecule has 0 aromatic heterocycles. The number of amides is 2. The topological polar surface area (TPSA) is 84.5 Å². The molecule has 0 atom stereocenters. The van der Waals surface area contributed by atoms with Crippen LogP contribution in [0.25, 0.3) is 0 Å². The lowest BCUT2D eigenvalue weighted by atomic mass is 10.3. The van der Waals surface area contributed by atoms with Gasteiger partial charge in [-0.05, 0) is 0 Å². The van der Waals surface area contributed by atoms with E-state index in [4.69, 9.17) is 5.73 Å². The molecule has 0 fully saturated rings. The van der Waals surface area contributed by atoms with Gasteiger partial charge in [-0.15, -0.1) is 0 Å². The summed E-state index contributed by atoms with van der Waals surface area (Å²) in [6, 6.07) is 0. The normalized spacial score (nSPS) is 18.3. The van der Waals surface area contributed by atoms with Crippen LogP contribution in [-0.2, 0) is 9.59 Å². The SMILES string of the molecule is NCC1=NC(=O)CC(=O)N1. The van der Waals surface area contributed by atoms with Crippen molar-refractivity contribution in [3.8, 4) is 0 Å². The molecule has 5 nitrogen and oxygen atoms in total. The maximum atomic E-state index is 10.6. The molecule has 0 radical (unpaired) electrons. The number of nitrogens with two attached hydrogens (primary N) is 1. The van der Waals surface area contributed by atoms with E-state index in [0.29, 0.717) is 0 Å². The van der Waals surface area contributed by atoms with E-state index in [9.17, 15) is 9.59 Å². The fourth-order valence-electron chi connectivity index (χ4n) is 0.657. The van der Waals surface area contributed by atoms with Crippen molar-refractivity contribution in [2.75, 3.05) is 6.54 Å². The molecule has 1 heterocycles. The molecule has 5 heteroatoms. The van der Waals surface area contributed by atoms with Crippen LogP contribution >= 0.6 is 0 Å². The Bertz CT molecular complexity index is 209. The largest absolute Gasteiger partial charge is 0.324 e. The van der Waals surface area contributed by atoms with Crippen molar-refractivity contribution in [2.24, 2.45) is 10.7 Å². The Kier molecular flexibility index (Phi) is 1.77. The average molecular weight is 141 g/mol. The first kappa shape index (κ1) is 6.88. The van der Waals surface area contributed by atoms with Gasteiger partial charge in [-0.25, -0.2) is 0 Å². The van der Waals surface area contributed by atoms with E-state index in [1.165, 1.54) is 0 Å². The van der Waals surface area contributed by atoms with Crippen LogP contribution in [0.3, 0.4) is 0 Å². The van der Waals surface area contributed by atoms with E-state index in [1.54, 1.807) is 0 Å². The monoisotopic (exact) mass is 141 g/mol. The molecule has 1 aliphatic heterocycles. The van der Waals surface area contributed by atoms with Gasteiger partial charge in [0, 0.05) is 0 Å². The molecule has 10 heavy (non-hydrogen) atoms. The highest BCUT2D eigenvalue weighted by atomic mass is 16.2. The van der Waals surface area contributed by atoms with E-state index >= 15 is 0 Å². The molecule has 0 aliphatic carbocycles. The Labute approximate surface area is 57.3 Å². The fraction of sp³-hybridized carbons (Fsp3) is 0.400.